The molecule has 0 unspecified atom stereocenters. The molecule has 0 aromatic rings. The summed E-state index contributed by atoms with van der Waals surface area (Å²) < 4.78 is 5.78. The van der Waals surface area contributed by atoms with E-state index in [9.17, 15) is 9.90 Å². The molecule has 0 bridgehead atoms. The van der Waals surface area contributed by atoms with E-state index in [4.69, 9.17) is 4.74 Å². The summed E-state index contributed by atoms with van der Waals surface area (Å²) in [6.45, 7) is 18.4. The molecule has 1 N–H and O–H groups in total. The predicted octanol–water partition coefficient (Wildman–Crippen LogP) is 5.04. The molecule has 2 fully saturated rings. The van der Waals surface area contributed by atoms with Gasteiger partial charge in [0.1, 0.15) is 6.10 Å². The Hall–Kier alpha value is -1.09. The van der Waals surface area contributed by atoms with E-state index in [-0.39, 0.29) is 22.9 Å². The highest BCUT2D eigenvalue weighted by atomic mass is 16.5. The van der Waals surface area contributed by atoms with Crippen LogP contribution in [0.4, 0.5) is 0 Å². The van der Waals surface area contributed by atoms with Crippen LogP contribution in [-0.2, 0) is 9.53 Å². The van der Waals surface area contributed by atoms with Gasteiger partial charge in [0.2, 0.25) is 0 Å². The molecule has 0 amide bonds. The van der Waals surface area contributed by atoms with Gasteiger partial charge >= 0.3 is 5.97 Å². The monoisotopic (exact) mass is 348 g/mol. The van der Waals surface area contributed by atoms with E-state index in [2.05, 4.69) is 33.9 Å². The van der Waals surface area contributed by atoms with Crippen molar-refractivity contribution in [3.63, 3.8) is 0 Å². The second kappa shape index (κ2) is 6.90. The maximum Gasteiger partial charge on any atom is 0.302 e. The summed E-state index contributed by atoms with van der Waals surface area (Å²) in [6, 6.07) is 0. The van der Waals surface area contributed by atoms with Gasteiger partial charge in [-0.25, -0.2) is 0 Å². The molecule has 0 saturated heterocycles. The molecule has 2 aliphatic rings. The lowest BCUT2D eigenvalue weighted by molar-refractivity contribution is -0.171. The molecule has 0 aromatic carbocycles. The van der Waals surface area contributed by atoms with Crippen LogP contribution in [0.5, 0.6) is 0 Å². The van der Waals surface area contributed by atoms with Crippen LogP contribution < -0.4 is 0 Å². The number of rotatable bonds is 5. The van der Waals surface area contributed by atoms with Crippen LogP contribution in [0.2, 0.25) is 0 Å². The third-order valence-corrected chi connectivity index (χ3v) is 6.91. The number of carbonyl (C=O) groups excluding carboxylic acids is 1. The molecule has 0 radical (unpaired) electrons. The van der Waals surface area contributed by atoms with Crippen LogP contribution in [0.25, 0.3) is 0 Å². The van der Waals surface area contributed by atoms with E-state index < -0.39 is 5.60 Å². The number of aliphatic hydroxyl groups is 1. The minimum absolute atomic E-state index is 0.0500. The van der Waals surface area contributed by atoms with Gasteiger partial charge in [-0.1, -0.05) is 45.4 Å². The Labute approximate surface area is 153 Å². The standard InChI is InChI=1S/C22H36O3/c1-8-21(6,24)13-10-17-15(2)14-18(25-16(3)23)19-20(4,5)11-9-12-22(17,19)7/h8,17-19,24H,1-2,9-14H2,3-7H3/t17-,18-,19+,21+,22+/m0/s1. The largest absolute Gasteiger partial charge is 0.462 e. The van der Waals surface area contributed by atoms with E-state index in [1.807, 2.05) is 6.92 Å². The second-order valence-corrected chi connectivity index (χ2v) is 9.49. The fourth-order valence-corrected chi connectivity index (χ4v) is 5.83. The van der Waals surface area contributed by atoms with E-state index in [1.54, 1.807) is 6.08 Å². The molecule has 0 aliphatic heterocycles. The van der Waals surface area contributed by atoms with Gasteiger partial charge in [-0.3, -0.25) is 4.79 Å². The fraction of sp³-hybridized carbons (Fsp3) is 0.773. The van der Waals surface area contributed by atoms with Gasteiger partial charge in [0.25, 0.3) is 0 Å². The van der Waals surface area contributed by atoms with Gasteiger partial charge in [0.15, 0.2) is 0 Å². The molecule has 0 aromatic heterocycles. The molecule has 25 heavy (non-hydrogen) atoms. The third kappa shape index (κ3) is 4.02. The van der Waals surface area contributed by atoms with Crippen LogP contribution in [0.1, 0.15) is 73.1 Å². The Morgan fingerprint density at radius 3 is 2.60 bits per heavy atom. The van der Waals surface area contributed by atoms with Crippen LogP contribution in [-0.4, -0.2) is 22.8 Å². The summed E-state index contributed by atoms with van der Waals surface area (Å²) in [5.74, 6) is 0.465. The zero-order chi connectivity index (χ0) is 19.0. The molecule has 2 saturated carbocycles. The van der Waals surface area contributed by atoms with Crippen molar-refractivity contribution in [2.24, 2.45) is 22.7 Å². The lowest BCUT2D eigenvalue weighted by Gasteiger charge is -2.60. The number of hydrogen-bond acceptors (Lipinski definition) is 3. The van der Waals surface area contributed by atoms with E-state index >= 15 is 0 Å². The van der Waals surface area contributed by atoms with Crippen molar-refractivity contribution in [2.45, 2.75) is 84.8 Å². The topological polar surface area (TPSA) is 46.5 Å². The van der Waals surface area contributed by atoms with Gasteiger partial charge in [0.05, 0.1) is 5.60 Å². The minimum atomic E-state index is -0.844. The highest BCUT2D eigenvalue weighted by Gasteiger charge is 2.57. The number of esters is 1. The number of carbonyl (C=O) groups is 1. The number of ether oxygens (including phenoxy) is 1. The predicted molar refractivity (Wildman–Crippen MR) is 102 cm³/mol. The Kier molecular flexibility index (Phi) is 5.59. The Balaban J connectivity index is 2.35. The summed E-state index contributed by atoms with van der Waals surface area (Å²) in [4.78, 5) is 11.7. The molecular formula is C22H36O3. The molecule has 0 heterocycles. The Morgan fingerprint density at radius 2 is 2.04 bits per heavy atom. The number of fused-ring (bicyclic) bond motifs is 1. The molecule has 3 nitrogen and oxygen atoms in total. The first kappa shape index (κ1) is 20.2. The summed E-state index contributed by atoms with van der Waals surface area (Å²) in [5.41, 5.74) is 0.507. The normalized spacial score (nSPS) is 36.9. The van der Waals surface area contributed by atoms with Crippen LogP contribution in [0.3, 0.4) is 0 Å². The van der Waals surface area contributed by atoms with Crippen molar-refractivity contribution < 1.29 is 14.6 Å². The zero-order valence-corrected chi connectivity index (χ0v) is 16.7. The molecule has 5 atom stereocenters. The Morgan fingerprint density at radius 1 is 1.40 bits per heavy atom. The van der Waals surface area contributed by atoms with Gasteiger partial charge in [0, 0.05) is 19.3 Å². The van der Waals surface area contributed by atoms with Gasteiger partial charge in [-0.15, -0.1) is 6.58 Å². The molecule has 2 rings (SSSR count). The minimum Gasteiger partial charge on any atom is -0.462 e. The van der Waals surface area contributed by atoms with Crippen molar-refractivity contribution in [1.82, 2.24) is 0 Å². The summed E-state index contributed by atoms with van der Waals surface area (Å²) in [6.07, 6.45) is 7.34. The zero-order valence-electron chi connectivity index (χ0n) is 16.7. The quantitative estimate of drug-likeness (QED) is 0.559. The first-order valence-corrected chi connectivity index (χ1v) is 9.64. The molecule has 3 heteroatoms. The number of hydrogen-bond donors (Lipinski definition) is 1. The smallest absolute Gasteiger partial charge is 0.302 e. The molecular weight excluding hydrogens is 312 g/mol. The lowest BCUT2D eigenvalue weighted by Crippen LogP contribution is -2.56. The van der Waals surface area contributed by atoms with Crippen molar-refractivity contribution >= 4 is 5.97 Å². The third-order valence-electron chi connectivity index (χ3n) is 6.91. The molecule has 2 aliphatic carbocycles. The van der Waals surface area contributed by atoms with Gasteiger partial charge in [-0.2, -0.15) is 0 Å². The van der Waals surface area contributed by atoms with Crippen molar-refractivity contribution in [3.05, 3.63) is 24.8 Å². The highest BCUT2D eigenvalue weighted by Crippen LogP contribution is 2.62. The van der Waals surface area contributed by atoms with Crippen LogP contribution in [0.15, 0.2) is 24.8 Å². The van der Waals surface area contributed by atoms with Crippen molar-refractivity contribution in [3.8, 4) is 0 Å². The first-order chi connectivity index (χ1) is 11.4. The fourth-order valence-electron chi connectivity index (χ4n) is 5.83. The first-order valence-electron chi connectivity index (χ1n) is 9.64. The maximum absolute atomic E-state index is 11.7. The average molecular weight is 349 g/mol. The summed E-state index contributed by atoms with van der Waals surface area (Å²) >= 11 is 0. The van der Waals surface area contributed by atoms with Gasteiger partial charge in [-0.05, 0) is 49.4 Å². The molecule has 0 spiro atoms. The van der Waals surface area contributed by atoms with E-state index in [1.165, 1.54) is 18.9 Å². The average Bonchev–Trinajstić information content (AvgIpc) is 2.44. The second-order valence-electron chi connectivity index (χ2n) is 9.49. The highest BCUT2D eigenvalue weighted by molar-refractivity contribution is 5.66. The Bertz CT molecular complexity index is 545. The van der Waals surface area contributed by atoms with Crippen LogP contribution in [0, 0.1) is 22.7 Å². The van der Waals surface area contributed by atoms with E-state index in [0.717, 1.165) is 25.7 Å². The molecule has 142 valence electrons. The van der Waals surface area contributed by atoms with Crippen molar-refractivity contribution in [2.75, 3.05) is 0 Å². The van der Waals surface area contributed by atoms with Gasteiger partial charge < -0.3 is 9.84 Å². The van der Waals surface area contributed by atoms with Crippen LogP contribution >= 0.6 is 0 Å². The van der Waals surface area contributed by atoms with E-state index in [0.29, 0.717) is 18.3 Å². The maximum atomic E-state index is 11.7. The lowest BCUT2D eigenvalue weighted by atomic mass is 9.46. The summed E-state index contributed by atoms with van der Waals surface area (Å²) in [7, 11) is 0. The SMILES string of the molecule is C=C[C@@](C)(O)CC[C@H]1C(=C)C[C@H](OC(C)=O)[C@@H]2C(C)(C)CCC[C@@]21C. The van der Waals surface area contributed by atoms with Crippen molar-refractivity contribution in [1.29, 1.82) is 0 Å². The summed E-state index contributed by atoms with van der Waals surface area (Å²) in [5, 5.41) is 10.4.